The standard InChI is InChI=1S/C23H23N5O6S/c1-15-8-10-17(11-9-15)25-23(30)22(16(2)29)27-26-20-13-12-19(14-21(20)31-32-24)35-34-33-28-18-6-4-3-5-7-18/h3-14,22,28H,24H2,1-2H3,(H,25,30). The van der Waals surface area contributed by atoms with Gasteiger partial charge in [-0.1, -0.05) is 40.9 Å². The Labute approximate surface area is 205 Å². The molecule has 3 rings (SSSR count). The molecule has 0 aromatic heterocycles. The number of Topliss-reactive ketones (excluding diaryl/α,β-unsaturated/α-hetero) is 1. The van der Waals surface area contributed by atoms with Crippen molar-refractivity contribution in [3.05, 3.63) is 78.4 Å². The summed E-state index contributed by atoms with van der Waals surface area (Å²) in [5.41, 5.74) is 5.06. The second-order valence-electron chi connectivity index (χ2n) is 7.10. The molecule has 12 heteroatoms. The van der Waals surface area contributed by atoms with Crippen LogP contribution in [0.1, 0.15) is 12.5 Å². The van der Waals surface area contributed by atoms with Gasteiger partial charge in [0.05, 0.1) is 17.7 Å². The molecular weight excluding hydrogens is 474 g/mol. The van der Waals surface area contributed by atoms with Crippen molar-refractivity contribution in [2.24, 2.45) is 16.1 Å². The number of anilines is 2. The first-order valence-electron chi connectivity index (χ1n) is 10.2. The van der Waals surface area contributed by atoms with E-state index in [2.05, 4.69) is 26.0 Å². The van der Waals surface area contributed by atoms with Crippen molar-refractivity contribution in [2.45, 2.75) is 24.8 Å². The van der Waals surface area contributed by atoms with Gasteiger partial charge in [0.2, 0.25) is 6.04 Å². The number of benzene rings is 3. The van der Waals surface area contributed by atoms with Crippen LogP contribution in [-0.2, 0) is 23.9 Å². The smallest absolute Gasteiger partial charge is 0.258 e. The number of azo groups is 1. The van der Waals surface area contributed by atoms with Gasteiger partial charge >= 0.3 is 0 Å². The number of carbonyl (C=O) groups excluding carboxylic acids is 2. The fourth-order valence-corrected chi connectivity index (χ4v) is 3.09. The Balaban J connectivity index is 1.64. The largest absolute Gasteiger partial charge is 0.324 e. The normalized spacial score (nSPS) is 11.7. The Hall–Kier alpha value is -3.81. The van der Waals surface area contributed by atoms with Crippen molar-refractivity contribution in [1.29, 1.82) is 0 Å². The molecule has 0 saturated heterocycles. The molecule has 182 valence electrons. The molecule has 1 unspecified atom stereocenters. The van der Waals surface area contributed by atoms with Crippen molar-refractivity contribution in [1.82, 2.24) is 0 Å². The molecule has 0 bridgehead atoms. The van der Waals surface area contributed by atoms with Gasteiger partial charge in [-0.05, 0) is 50.2 Å². The van der Waals surface area contributed by atoms with E-state index < -0.39 is 17.7 Å². The van der Waals surface area contributed by atoms with Crippen LogP contribution in [-0.4, -0.2) is 17.7 Å². The number of aryl methyl sites for hydroxylation is 1. The summed E-state index contributed by atoms with van der Waals surface area (Å²) >= 11 is 0.873. The first kappa shape index (κ1) is 25.8. The lowest BCUT2D eigenvalue weighted by Gasteiger charge is -2.10. The van der Waals surface area contributed by atoms with Crippen molar-refractivity contribution in [3.8, 4) is 5.75 Å². The van der Waals surface area contributed by atoms with E-state index in [1.165, 1.54) is 19.1 Å². The number of hydrogen-bond acceptors (Lipinski definition) is 11. The van der Waals surface area contributed by atoms with E-state index in [1.807, 2.05) is 37.3 Å². The van der Waals surface area contributed by atoms with E-state index in [9.17, 15) is 9.59 Å². The van der Waals surface area contributed by atoms with Crippen LogP contribution in [0.3, 0.4) is 0 Å². The van der Waals surface area contributed by atoms with Crippen LogP contribution in [0, 0.1) is 6.92 Å². The number of ketones is 1. The molecule has 35 heavy (non-hydrogen) atoms. The molecule has 0 aliphatic rings. The van der Waals surface area contributed by atoms with Gasteiger partial charge in [0.25, 0.3) is 5.91 Å². The third-order valence-electron chi connectivity index (χ3n) is 4.40. The van der Waals surface area contributed by atoms with E-state index in [-0.39, 0.29) is 11.4 Å². The lowest BCUT2D eigenvalue weighted by atomic mass is 10.2. The molecule has 0 saturated carbocycles. The number of carbonyl (C=O) groups is 2. The highest BCUT2D eigenvalue weighted by molar-refractivity contribution is 7.94. The molecule has 11 nitrogen and oxygen atoms in total. The zero-order chi connectivity index (χ0) is 25.0. The van der Waals surface area contributed by atoms with Gasteiger partial charge in [0.1, 0.15) is 5.69 Å². The molecular formula is C23H23N5O6S. The lowest BCUT2D eigenvalue weighted by Crippen LogP contribution is -2.31. The fraction of sp³-hybridized carbons (Fsp3) is 0.130. The average molecular weight is 498 g/mol. The van der Waals surface area contributed by atoms with E-state index in [4.69, 9.17) is 20.1 Å². The van der Waals surface area contributed by atoms with Crippen molar-refractivity contribution in [3.63, 3.8) is 0 Å². The first-order chi connectivity index (χ1) is 17.0. The maximum absolute atomic E-state index is 12.6. The average Bonchev–Trinajstić information content (AvgIpc) is 2.85. The first-order valence-corrected chi connectivity index (χ1v) is 11.0. The van der Waals surface area contributed by atoms with E-state index in [0.29, 0.717) is 16.3 Å². The highest BCUT2D eigenvalue weighted by atomic mass is 32.2. The van der Waals surface area contributed by atoms with E-state index >= 15 is 0 Å². The molecule has 1 amide bonds. The second kappa shape index (κ2) is 13.2. The summed E-state index contributed by atoms with van der Waals surface area (Å²) in [6.45, 7) is 3.17. The summed E-state index contributed by atoms with van der Waals surface area (Å²) in [5, 5.41) is 10.5. The molecule has 3 aromatic carbocycles. The molecule has 0 aliphatic heterocycles. The minimum Gasteiger partial charge on any atom is -0.324 e. The predicted molar refractivity (Wildman–Crippen MR) is 129 cm³/mol. The quantitative estimate of drug-likeness (QED) is 0.0798. The predicted octanol–water partition coefficient (Wildman–Crippen LogP) is 4.84. The summed E-state index contributed by atoms with van der Waals surface area (Å²) in [4.78, 5) is 39.3. The number of rotatable bonds is 12. The number of hydrogen-bond donors (Lipinski definition) is 3. The van der Waals surface area contributed by atoms with Gasteiger partial charge in [0.15, 0.2) is 11.5 Å². The van der Waals surface area contributed by atoms with Gasteiger partial charge in [0, 0.05) is 16.6 Å². The Kier molecular flexibility index (Phi) is 9.71. The Morgan fingerprint density at radius 3 is 2.43 bits per heavy atom. The number of para-hydroxylation sites is 1. The molecule has 0 heterocycles. The molecule has 1 atom stereocenters. The highest BCUT2D eigenvalue weighted by Crippen LogP contribution is 2.33. The fourth-order valence-electron chi connectivity index (χ4n) is 2.66. The highest BCUT2D eigenvalue weighted by Gasteiger charge is 2.23. The third kappa shape index (κ3) is 8.17. The minimum atomic E-state index is -1.36. The maximum atomic E-state index is 12.6. The van der Waals surface area contributed by atoms with Gasteiger partial charge in [-0.2, -0.15) is 16.1 Å². The summed E-state index contributed by atoms with van der Waals surface area (Å²) in [6.07, 6.45) is 0. The van der Waals surface area contributed by atoms with Crippen LogP contribution in [0.5, 0.6) is 5.75 Å². The van der Waals surface area contributed by atoms with Crippen LogP contribution in [0.25, 0.3) is 0 Å². The number of nitrogens with zero attached hydrogens (tertiary/aromatic N) is 2. The Morgan fingerprint density at radius 1 is 1.00 bits per heavy atom. The molecule has 4 N–H and O–H groups in total. The summed E-state index contributed by atoms with van der Waals surface area (Å²) < 4.78 is 5.05. The Morgan fingerprint density at radius 2 is 1.74 bits per heavy atom. The molecule has 0 spiro atoms. The molecule has 0 fully saturated rings. The topological polar surface area (TPSA) is 146 Å². The molecule has 3 aromatic rings. The van der Waals surface area contributed by atoms with E-state index in [1.54, 1.807) is 30.3 Å². The van der Waals surface area contributed by atoms with Crippen molar-refractivity contribution < 1.29 is 28.8 Å². The number of nitrogens with one attached hydrogen (secondary N) is 2. The summed E-state index contributed by atoms with van der Waals surface area (Å²) in [5.74, 6) is 3.99. The number of nitrogens with two attached hydrogens (primary N) is 1. The molecule has 0 aliphatic carbocycles. The SMILES string of the molecule is CC(=O)C(N=Nc1ccc(SOONc2ccccc2)cc1OON)C(=O)Nc1ccc(C)cc1. The third-order valence-corrected chi connectivity index (χ3v) is 4.98. The monoisotopic (exact) mass is 497 g/mol. The summed E-state index contributed by atoms with van der Waals surface area (Å²) in [6, 6.07) is 19.5. The van der Waals surface area contributed by atoms with Crippen molar-refractivity contribution in [2.75, 3.05) is 10.8 Å². The van der Waals surface area contributed by atoms with Crippen LogP contribution < -0.4 is 21.6 Å². The van der Waals surface area contributed by atoms with Gasteiger partial charge in [-0.3, -0.25) is 9.59 Å². The summed E-state index contributed by atoms with van der Waals surface area (Å²) in [7, 11) is 0. The van der Waals surface area contributed by atoms with Gasteiger partial charge in [-0.25, -0.2) is 5.48 Å². The number of amides is 1. The van der Waals surface area contributed by atoms with Gasteiger partial charge < -0.3 is 10.2 Å². The minimum absolute atomic E-state index is 0.0714. The van der Waals surface area contributed by atoms with Gasteiger partial charge in [-0.15, -0.1) is 9.32 Å². The van der Waals surface area contributed by atoms with Crippen LogP contribution >= 0.6 is 12.0 Å². The van der Waals surface area contributed by atoms with Crippen LogP contribution in [0.2, 0.25) is 0 Å². The van der Waals surface area contributed by atoms with Crippen molar-refractivity contribution >= 4 is 40.8 Å². The zero-order valence-corrected chi connectivity index (χ0v) is 19.7. The van der Waals surface area contributed by atoms with Crippen LogP contribution in [0.4, 0.5) is 17.1 Å². The van der Waals surface area contributed by atoms with E-state index in [0.717, 1.165) is 17.6 Å². The van der Waals surface area contributed by atoms with Crippen LogP contribution in [0.15, 0.2) is 87.9 Å². The maximum Gasteiger partial charge on any atom is 0.258 e. The Bertz CT molecular complexity index is 1160. The second-order valence-corrected chi connectivity index (χ2v) is 7.87. The zero-order valence-electron chi connectivity index (χ0n) is 18.8. The molecule has 0 radical (unpaired) electrons. The lowest BCUT2D eigenvalue weighted by molar-refractivity contribution is -0.211.